The normalized spacial score (nSPS) is 11.3. The summed E-state index contributed by atoms with van der Waals surface area (Å²) in [6.07, 6.45) is 8.43. The molecule has 7 heteroatoms. The fourth-order valence-corrected chi connectivity index (χ4v) is 6.50. The Hall–Kier alpha value is -6.31. The van der Waals surface area contributed by atoms with Gasteiger partial charge in [-0.3, -0.25) is 4.79 Å². The van der Waals surface area contributed by atoms with Gasteiger partial charge in [0.25, 0.3) is 5.97 Å². The first kappa shape index (κ1) is 35.1. The zero-order chi connectivity index (χ0) is 35.3. The molecule has 2 aliphatic rings. The van der Waals surface area contributed by atoms with Crippen molar-refractivity contribution in [3.63, 3.8) is 0 Å². The van der Waals surface area contributed by atoms with Gasteiger partial charge in [0.05, 0.1) is 29.9 Å². The number of hydrogen-bond donors (Lipinski definition) is 2. The van der Waals surface area contributed by atoms with Crippen molar-refractivity contribution in [2.75, 3.05) is 7.11 Å². The van der Waals surface area contributed by atoms with Crippen LogP contribution in [0.2, 0.25) is 0 Å². The molecule has 0 spiro atoms. The Kier molecular flexibility index (Phi) is 10.6. The molecule has 5 heterocycles. The molecule has 9 rings (SSSR count). The first-order valence-electron chi connectivity index (χ1n) is 17.0. The van der Waals surface area contributed by atoms with Crippen molar-refractivity contribution < 1.29 is 31.9 Å². The number of esters is 1. The van der Waals surface area contributed by atoms with E-state index < -0.39 is 0 Å². The standard InChI is InChI=1S/C38H26N4.C8H7O2.Au/c1-4-10-25(11-5-1)36-30-18-16-28(39-30)24-29-17-19-31(40-29)37(26-12-6-2-7-13-26)33-21-23-35(42-33)38(27-14-8-3-9-15-27)34-22-20-32(36)41-34;1-10-8(9)7-5-3-2-4-6-7;/h1-24,39,42H;2-3,5-6H,1H3;/q;-1;+1. The van der Waals surface area contributed by atoms with E-state index in [1.807, 2.05) is 18.2 Å². The third kappa shape index (κ3) is 7.52. The summed E-state index contributed by atoms with van der Waals surface area (Å²) in [6.45, 7) is 0. The molecular weight excluding hydrogens is 837 g/mol. The number of fused-ring (bicyclic) bond motifs is 8. The van der Waals surface area contributed by atoms with Crippen LogP contribution in [0.5, 0.6) is 0 Å². The van der Waals surface area contributed by atoms with Gasteiger partial charge in [-0.15, -0.1) is 0 Å². The van der Waals surface area contributed by atoms with Crippen molar-refractivity contribution in [3.05, 3.63) is 180 Å². The summed E-state index contributed by atoms with van der Waals surface area (Å²) in [5.74, 6) is -0.322. The quantitative estimate of drug-likeness (QED) is 0.105. The zero-order valence-corrected chi connectivity index (χ0v) is 30.8. The SMILES string of the molecule is C1=Cc2nc1cc1ccc([nH]1)c(-c1ccccc1)c1nc(c(-c3ccccc3)c3ccc([nH]3)c2-c2ccccc2)C=C1.COC(=O)c1c[c-]ccc1.[Au+]. The smallest absolute Gasteiger partial charge is 0.475 e. The van der Waals surface area contributed by atoms with Gasteiger partial charge in [-0.2, -0.15) is 30.3 Å². The Balaban J connectivity index is 0.000000346. The van der Waals surface area contributed by atoms with E-state index in [0.29, 0.717) is 5.56 Å². The summed E-state index contributed by atoms with van der Waals surface area (Å²) in [4.78, 5) is 28.5. The van der Waals surface area contributed by atoms with Crippen LogP contribution in [0.1, 0.15) is 33.1 Å². The fraction of sp³-hybridized carbons (Fsp3) is 0.0217. The molecular formula is C46H33AuN4O2. The van der Waals surface area contributed by atoms with E-state index in [1.54, 1.807) is 24.3 Å². The zero-order valence-electron chi connectivity index (χ0n) is 28.7. The van der Waals surface area contributed by atoms with E-state index in [9.17, 15) is 4.79 Å². The number of H-pyrrole nitrogens is 2. The minimum Gasteiger partial charge on any atom is -0.475 e. The number of carbonyl (C=O) groups is 1. The van der Waals surface area contributed by atoms with Crippen LogP contribution in [0.15, 0.2) is 146 Å². The number of aromatic nitrogens is 4. The Morgan fingerprint density at radius 1 is 0.566 bits per heavy atom. The molecule has 3 aromatic heterocycles. The second-order valence-electron chi connectivity index (χ2n) is 12.2. The molecule has 8 bridgehead atoms. The molecule has 0 radical (unpaired) electrons. The van der Waals surface area contributed by atoms with Gasteiger partial charge < -0.3 is 14.7 Å². The molecule has 2 N–H and O–H groups in total. The summed E-state index contributed by atoms with van der Waals surface area (Å²) in [5, 5.41) is 0. The molecule has 53 heavy (non-hydrogen) atoms. The van der Waals surface area contributed by atoms with Crippen molar-refractivity contribution in [1.29, 1.82) is 0 Å². The van der Waals surface area contributed by atoms with E-state index in [4.69, 9.17) is 9.97 Å². The van der Waals surface area contributed by atoms with Crippen LogP contribution in [0.3, 0.4) is 0 Å². The van der Waals surface area contributed by atoms with Crippen LogP contribution in [0, 0.1) is 6.07 Å². The number of methoxy groups -OCH3 is 1. The summed E-state index contributed by atoms with van der Waals surface area (Å²) < 4.78 is 4.48. The molecule has 0 saturated heterocycles. The maximum atomic E-state index is 10.8. The number of aromatic amines is 2. The molecule has 2 aliphatic heterocycles. The van der Waals surface area contributed by atoms with E-state index in [0.717, 1.165) is 78.2 Å². The van der Waals surface area contributed by atoms with Gasteiger partial charge >= 0.3 is 22.4 Å². The van der Waals surface area contributed by atoms with Gasteiger partial charge in [-0.05, 0) is 71.3 Å². The van der Waals surface area contributed by atoms with Crippen LogP contribution < -0.4 is 0 Å². The predicted octanol–water partition coefficient (Wildman–Crippen LogP) is 10.9. The van der Waals surface area contributed by atoms with Crippen LogP contribution in [0.4, 0.5) is 0 Å². The summed E-state index contributed by atoms with van der Waals surface area (Å²) in [7, 11) is 1.36. The molecule has 7 aromatic rings. The maximum absolute atomic E-state index is 10.8. The average Bonchev–Trinajstić information content (AvgIpc) is 4.04. The van der Waals surface area contributed by atoms with E-state index >= 15 is 0 Å². The first-order valence-corrected chi connectivity index (χ1v) is 17.0. The summed E-state index contributed by atoms with van der Waals surface area (Å²) in [6, 6.07) is 51.5. The molecule has 0 fully saturated rings. The molecule has 0 amide bonds. The van der Waals surface area contributed by atoms with Crippen molar-refractivity contribution in [3.8, 4) is 33.4 Å². The van der Waals surface area contributed by atoms with Gasteiger partial charge in [0.1, 0.15) is 0 Å². The molecule has 0 saturated carbocycles. The Bertz CT molecular complexity index is 2570. The van der Waals surface area contributed by atoms with E-state index in [2.05, 4.69) is 148 Å². The Labute approximate surface area is 323 Å². The number of benzene rings is 4. The molecule has 4 aromatic carbocycles. The molecule has 0 atom stereocenters. The van der Waals surface area contributed by atoms with Gasteiger partial charge in [-0.25, -0.2) is 9.97 Å². The van der Waals surface area contributed by atoms with Gasteiger partial charge in [0.15, 0.2) is 0 Å². The minimum atomic E-state index is -0.322. The van der Waals surface area contributed by atoms with Crippen LogP contribution in [0.25, 0.3) is 79.8 Å². The maximum Gasteiger partial charge on any atom is 1.00 e. The number of hydrogen-bond acceptors (Lipinski definition) is 4. The van der Waals surface area contributed by atoms with Crippen molar-refractivity contribution in [2.24, 2.45) is 0 Å². The van der Waals surface area contributed by atoms with Gasteiger partial charge in [-0.1, -0.05) is 96.6 Å². The second kappa shape index (κ2) is 15.9. The van der Waals surface area contributed by atoms with Crippen LogP contribution in [-0.4, -0.2) is 33.0 Å². The van der Waals surface area contributed by atoms with Crippen LogP contribution >= 0.6 is 0 Å². The number of rotatable bonds is 4. The Morgan fingerprint density at radius 2 is 1.06 bits per heavy atom. The van der Waals surface area contributed by atoms with Crippen molar-refractivity contribution in [1.82, 2.24) is 19.9 Å². The topological polar surface area (TPSA) is 83.7 Å². The predicted molar refractivity (Wildman–Crippen MR) is 212 cm³/mol. The number of carbonyl (C=O) groups excluding carboxylic acids is 1. The number of nitrogens with zero attached hydrogens (tertiary/aromatic N) is 2. The molecule has 0 unspecified atom stereocenters. The molecule has 260 valence electrons. The first-order chi connectivity index (χ1) is 25.6. The van der Waals surface area contributed by atoms with E-state index in [-0.39, 0.29) is 28.3 Å². The largest absolute Gasteiger partial charge is 1.00 e. The number of ether oxygens (including phenoxy) is 1. The summed E-state index contributed by atoms with van der Waals surface area (Å²) in [5.41, 5.74) is 14.7. The van der Waals surface area contributed by atoms with Gasteiger partial charge in [0.2, 0.25) is 0 Å². The van der Waals surface area contributed by atoms with Gasteiger partial charge in [0, 0.05) is 38.8 Å². The third-order valence-electron chi connectivity index (χ3n) is 8.89. The second-order valence-corrected chi connectivity index (χ2v) is 12.2. The minimum absolute atomic E-state index is 0. The fourth-order valence-electron chi connectivity index (χ4n) is 6.50. The third-order valence-corrected chi connectivity index (χ3v) is 8.89. The van der Waals surface area contributed by atoms with Crippen molar-refractivity contribution >= 4 is 52.3 Å². The van der Waals surface area contributed by atoms with Crippen molar-refractivity contribution in [2.45, 2.75) is 0 Å². The number of nitrogens with one attached hydrogen (secondary N) is 2. The average molecular weight is 871 g/mol. The molecule has 6 nitrogen and oxygen atoms in total. The Morgan fingerprint density at radius 3 is 1.57 bits per heavy atom. The summed E-state index contributed by atoms with van der Waals surface area (Å²) >= 11 is 0. The van der Waals surface area contributed by atoms with E-state index in [1.165, 1.54) is 7.11 Å². The van der Waals surface area contributed by atoms with Crippen LogP contribution in [-0.2, 0) is 27.1 Å². The molecule has 0 aliphatic carbocycles. The monoisotopic (exact) mass is 870 g/mol.